The first-order valence-electron chi connectivity index (χ1n) is 8.80. The SMILES string of the molecule is COCc1cc(CN=C(N)Nc2cccc(Oc3ccccc3)c2)ccc1F.I. The quantitative estimate of drug-likeness (QED) is 0.259. The van der Waals surface area contributed by atoms with Crippen LogP contribution in [0.5, 0.6) is 11.5 Å². The molecule has 0 radical (unpaired) electrons. The molecule has 0 aromatic heterocycles. The highest BCUT2D eigenvalue weighted by molar-refractivity contribution is 14.0. The van der Waals surface area contributed by atoms with Crippen LogP contribution in [0, 0.1) is 5.82 Å². The second-order valence-electron chi connectivity index (χ2n) is 6.13. The zero-order valence-electron chi connectivity index (χ0n) is 16.0. The maximum Gasteiger partial charge on any atom is 0.193 e. The zero-order chi connectivity index (χ0) is 19.8. The standard InChI is InChI=1S/C22H22FN3O2.HI/c1-27-15-17-12-16(10-11-21(17)23)14-25-22(24)26-18-6-5-9-20(13-18)28-19-7-3-2-4-8-19;/h2-13H,14-15H2,1H3,(H3,24,25,26);1H. The first-order chi connectivity index (χ1) is 13.6. The number of rotatable bonds is 7. The topological polar surface area (TPSA) is 68.9 Å². The van der Waals surface area contributed by atoms with Gasteiger partial charge in [0.1, 0.15) is 17.3 Å². The highest BCUT2D eigenvalue weighted by Crippen LogP contribution is 2.23. The predicted molar refractivity (Wildman–Crippen MR) is 124 cm³/mol. The number of hydrogen-bond donors (Lipinski definition) is 2. The van der Waals surface area contributed by atoms with Gasteiger partial charge in [0.25, 0.3) is 0 Å². The molecule has 0 bridgehead atoms. The first kappa shape index (κ1) is 22.6. The van der Waals surface area contributed by atoms with Crippen molar-refractivity contribution in [2.24, 2.45) is 10.7 Å². The average molecular weight is 507 g/mol. The van der Waals surface area contributed by atoms with Crippen molar-refractivity contribution in [3.8, 4) is 11.5 Å². The Morgan fingerprint density at radius 1 is 1.00 bits per heavy atom. The third-order valence-electron chi connectivity index (χ3n) is 3.93. The molecule has 0 heterocycles. The van der Waals surface area contributed by atoms with Gasteiger partial charge in [-0.25, -0.2) is 9.38 Å². The summed E-state index contributed by atoms with van der Waals surface area (Å²) in [5.74, 6) is 1.40. The lowest BCUT2D eigenvalue weighted by atomic mass is 10.1. The predicted octanol–water partition coefficient (Wildman–Crippen LogP) is 5.31. The Labute approximate surface area is 186 Å². The average Bonchev–Trinajstić information content (AvgIpc) is 2.70. The van der Waals surface area contributed by atoms with Crippen LogP contribution >= 0.6 is 24.0 Å². The van der Waals surface area contributed by atoms with Gasteiger partial charge in [0.15, 0.2) is 5.96 Å². The van der Waals surface area contributed by atoms with Gasteiger partial charge >= 0.3 is 0 Å². The van der Waals surface area contributed by atoms with Crippen LogP contribution in [-0.4, -0.2) is 13.1 Å². The second kappa shape index (κ2) is 11.4. The molecule has 0 aliphatic rings. The molecule has 3 aromatic carbocycles. The van der Waals surface area contributed by atoms with E-state index in [0.717, 1.165) is 17.0 Å². The van der Waals surface area contributed by atoms with E-state index >= 15 is 0 Å². The number of para-hydroxylation sites is 1. The minimum absolute atomic E-state index is 0. The summed E-state index contributed by atoms with van der Waals surface area (Å²) < 4.78 is 24.5. The third kappa shape index (κ3) is 7.03. The number of guanidine groups is 1. The Balaban J connectivity index is 0.00000300. The normalized spacial score (nSPS) is 10.9. The molecule has 3 N–H and O–H groups in total. The van der Waals surface area contributed by atoms with Crippen LogP contribution in [0.15, 0.2) is 77.8 Å². The molecule has 0 spiro atoms. The Morgan fingerprint density at radius 2 is 1.76 bits per heavy atom. The fourth-order valence-electron chi connectivity index (χ4n) is 2.62. The molecule has 0 aliphatic heterocycles. The van der Waals surface area contributed by atoms with Crippen molar-refractivity contribution in [1.29, 1.82) is 0 Å². The molecular formula is C22H23FIN3O2. The molecule has 0 fully saturated rings. The number of aliphatic imine (C=N–C) groups is 1. The number of ether oxygens (including phenoxy) is 2. The summed E-state index contributed by atoms with van der Waals surface area (Å²) in [6.07, 6.45) is 0. The zero-order valence-corrected chi connectivity index (χ0v) is 18.3. The summed E-state index contributed by atoms with van der Waals surface area (Å²) in [6.45, 7) is 0.543. The van der Waals surface area contributed by atoms with E-state index in [4.69, 9.17) is 15.2 Å². The fourth-order valence-corrected chi connectivity index (χ4v) is 2.62. The molecule has 3 aromatic rings. The Bertz CT molecular complexity index is 952. The molecule has 0 atom stereocenters. The van der Waals surface area contributed by atoms with Crippen LogP contribution in [0.4, 0.5) is 10.1 Å². The van der Waals surface area contributed by atoms with Crippen molar-refractivity contribution in [2.75, 3.05) is 12.4 Å². The number of benzene rings is 3. The molecule has 0 saturated carbocycles. The van der Waals surface area contributed by atoms with E-state index < -0.39 is 0 Å². The van der Waals surface area contributed by atoms with Crippen molar-refractivity contribution >= 4 is 35.6 Å². The highest BCUT2D eigenvalue weighted by Gasteiger charge is 2.04. The molecule has 7 heteroatoms. The fraction of sp³-hybridized carbons (Fsp3) is 0.136. The molecule has 5 nitrogen and oxygen atoms in total. The van der Waals surface area contributed by atoms with Crippen LogP contribution in [0.25, 0.3) is 0 Å². The number of nitrogens with zero attached hydrogens (tertiary/aromatic N) is 1. The van der Waals surface area contributed by atoms with Crippen molar-refractivity contribution in [3.63, 3.8) is 0 Å². The number of hydrogen-bond acceptors (Lipinski definition) is 3. The number of nitrogens with two attached hydrogens (primary N) is 1. The largest absolute Gasteiger partial charge is 0.457 e. The van der Waals surface area contributed by atoms with Crippen molar-refractivity contribution in [2.45, 2.75) is 13.2 Å². The van der Waals surface area contributed by atoms with Gasteiger partial charge in [0.2, 0.25) is 0 Å². The van der Waals surface area contributed by atoms with Crippen molar-refractivity contribution in [3.05, 3.63) is 89.7 Å². The molecule has 0 amide bonds. The van der Waals surface area contributed by atoms with Gasteiger partial charge in [-0.3, -0.25) is 0 Å². The Hall–Kier alpha value is -2.65. The maximum atomic E-state index is 13.7. The van der Waals surface area contributed by atoms with Crippen LogP contribution in [0.2, 0.25) is 0 Å². The lowest BCUT2D eigenvalue weighted by molar-refractivity contribution is 0.181. The molecule has 3 rings (SSSR count). The number of anilines is 1. The van der Waals surface area contributed by atoms with Gasteiger partial charge in [-0.1, -0.05) is 30.3 Å². The summed E-state index contributed by atoms with van der Waals surface area (Å²) >= 11 is 0. The van der Waals surface area contributed by atoms with Crippen LogP contribution in [0.3, 0.4) is 0 Å². The van der Waals surface area contributed by atoms with Gasteiger partial charge < -0.3 is 20.5 Å². The Morgan fingerprint density at radius 3 is 2.52 bits per heavy atom. The van der Waals surface area contributed by atoms with Gasteiger partial charge in [-0.05, 0) is 42.0 Å². The molecule has 0 unspecified atom stereocenters. The lowest BCUT2D eigenvalue weighted by Crippen LogP contribution is -2.22. The van der Waals surface area contributed by atoms with E-state index in [-0.39, 0.29) is 42.4 Å². The summed E-state index contributed by atoms with van der Waals surface area (Å²) in [7, 11) is 1.53. The summed E-state index contributed by atoms with van der Waals surface area (Å²) in [6, 6.07) is 21.8. The lowest BCUT2D eigenvalue weighted by Gasteiger charge is -2.09. The summed E-state index contributed by atoms with van der Waals surface area (Å²) in [4.78, 5) is 4.31. The van der Waals surface area contributed by atoms with Crippen molar-refractivity contribution < 1.29 is 13.9 Å². The van der Waals surface area contributed by atoms with E-state index in [1.165, 1.54) is 13.2 Å². The molecule has 0 aliphatic carbocycles. The summed E-state index contributed by atoms with van der Waals surface area (Å²) in [5, 5.41) is 3.04. The van der Waals surface area contributed by atoms with E-state index in [0.29, 0.717) is 17.9 Å². The van der Waals surface area contributed by atoms with Gasteiger partial charge in [0.05, 0.1) is 13.2 Å². The minimum atomic E-state index is -0.295. The smallest absolute Gasteiger partial charge is 0.193 e. The number of nitrogens with one attached hydrogen (secondary N) is 1. The van der Waals surface area contributed by atoms with E-state index in [1.807, 2.05) is 54.6 Å². The first-order valence-corrected chi connectivity index (χ1v) is 8.80. The van der Waals surface area contributed by atoms with E-state index in [9.17, 15) is 4.39 Å². The van der Waals surface area contributed by atoms with Crippen LogP contribution in [-0.2, 0) is 17.9 Å². The third-order valence-corrected chi connectivity index (χ3v) is 3.93. The van der Waals surface area contributed by atoms with Gasteiger partial charge in [0, 0.05) is 24.4 Å². The molecular weight excluding hydrogens is 484 g/mol. The number of halogens is 2. The monoisotopic (exact) mass is 507 g/mol. The van der Waals surface area contributed by atoms with E-state index in [2.05, 4.69) is 10.3 Å². The Kier molecular flexibility index (Phi) is 8.88. The minimum Gasteiger partial charge on any atom is -0.457 e. The summed E-state index contributed by atoms with van der Waals surface area (Å²) in [5.41, 5.74) is 8.08. The molecule has 0 saturated heterocycles. The number of methoxy groups -OCH3 is 1. The molecule has 29 heavy (non-hydrogen) atoms. The van der Waals surface area contributed by atoms with Crippen LogP contribution < -0.4 is 15.8 Å². The van der Waals surface area contributed by atoms with Crippen LogP contribution in [0.1, 0.15) is 11.1 Å². The van der Waals surface area contributed by atoms with Crippen molar-refractivity contribution in [1.82, 2.24) is 0 Å². The van der Waals surface area contributed by atoms with E-state index in [1.54, 1.807) is 12.1 Å². The van der Waals surface area contributed by atoms with Gasteiger partial charge in [-0.15, -0.1) is 24.0 Å². The highest BCUT2D eigenvalue weighted by atomic mass is 127. The van der Waals surface area contributed by atoms with Gasteiger partial charge in [-0.2, -0.15) is 0 Å². The maximum absolute atomic E-state index is 13.7. The molecule has 152 valence electrons. The second-order valence-corrected chi connectivity index (χ2v) is 6.13.